The van der Waals surface area contributed by atoms with Crippen LogP contribution in [0.3, 0.4) is 0 Å². The van der Waals surface area contributed by atoms with Crippen LogP contribution in [0.2, 0.25) is 5.02 Å². The van der Waals surface area contributed by atoms with Crippen LogP contribution < -0.4 is 21.3 Å². The molecule has 3 amide bonds. The second kappa shape index (κ2) is 7.59. The number of carbonyl (C=O) groups excluding carboxylic acids is 2. The van der Waals surface area contributed by atoms with Gasteiger partial charge in [-0.3, -0.25) is 10.1 Å². The van der Waals surface area contributed by atoms with Gasteiger partial charge in [-0.05, 0) is 43.5 Å². The van der Waals surface area contributed by atoms with E-state index in [-0.39, 0.29) is 11.7 Å². The molecule has 3 heterocycles. The molecule has 0 spiro atoms. The van der Waals surface area contributed by atoms with Crippen LogP contribution in [-0.4, -0.2) is 32.6 Å². The highest BCUT2D eigenvalue weighted by Crippen LogP contribution is 2.29. The third kappa shape index (κ3) is 4.04. The maximum absolute atomic E-state index is 11.9. The number of benzene rings is 1. The molecule has 158 valence electrons. The first-order chi connectivity index (χ1) is 15.0. The number of amides is 3. The van der Waals surface area contributed by atoms with Crippen molar-refractivity contribution >= 4 is 46.9 Å². The van der Waals surface area contributed by atoms with Gasteiger partial charge in [0.15, 0.2) is 5.65 Å². The van der Waals surface area contributed by atoms with E-state index in [0.717, 1.165) is 24.2 Å². The van der Waals surface area contributed by atoms with Crippen molar-refractivity contribution in [2.45, 2.75) is 31.8 Å². The van der Waals surface area contributed by atoms with Crippen LogP contribution in [0.4, 0.5) is 16.4 Å². The quantitative estimate of drug-likeness (QED) is 0.347. The molecular weight excluding hydrogens is 418 g/mol. The molecule has 0 bridgehead atoms. The minimum atomic E-state index is -0.547. The van der Waals surface area contributed by atoms with E-state index in [4.69, 9.17) is 16.6 Å². The van der Waals surface area contributed by atoms with E-state index < -0.39 is 11.9 Å². The summed E-state index contributed by atoms with van der Waals surface area (Å²) in [5.41, 5.74) is 2.37. The number of aromatic nitrogens is 3. The lowest BCUT2D eigenvalue weighted by Crippen LogP contribution is -2.22. The summed E-state index contributed by atoms with van der Waals surface area (Å²) in [6, 6.07) is 9.41. The first kappa shape index (κ1) is 19.4. The normalized spacial score (nSPS) is 18.2. The second-order valence-corrected chi connectivity index (χ2v) is 8.10. The van der Waals surface area contributed by atoms with Crippen molar-refractivity contribution in [2.75, 3.05) is 10.6 Å². The molecule has 2 aliphatic rings. The van der Waals surface area contributed by atoms with Gasteiger partial charge in [0.05, 0.1) is 6.20 Å². The number of hydrogen-bond donors (Lipinski definition) is 4. The number of fused-ring (bicyclic) bond motifs is 1. The Morgan fingerprint density at radius 2 is 2.10 bits per heavy atom. The molecule has 1 aromatic carbocycles. The average Bonchev–Trinajstić information content (AvgIpc) is 3.37. The van der Waals surface area contributed by atoms with Crippen LogP contribution in [0.15, 0.2) is 42.2 Å². The fourth-order valence-electron chi connectivity index (χ4n) is 3.41. The summed E-state index contributed by atoms with van der Waals surface area (Å²) in [5, 5.41) is 16.7. The van der Waals surface area contributed by atoms with Crippen LogP contribution in [0.1, 0.15) is 36.9 Å². The molecule has 5 rings (SSSR count). The van der Waals surface area contributed by atoms with E-state index in [1.54, 1.807) is 16.8 Å². The standard InChI is InChI=1S/C21H20ClN7O2/c1-11(12-3-2-4-14(22)7-12)24-17-9-18(25-15-5-6-15)29-19(27-17)13(10-23-29)8-16-20(30)28-21(31)26-16/h2-4,7-11,15,25H,5-6H2,1H3,(H,24,27)(H2,26,28,30,31)/b16-8-/t11-/m0/s1. The molecule has 9 nitrogen and oxygen atoms in total. The highest BCUT2D eigenvalue weighted by molar-refractivity contribution is 6.30. The Morgan fingerprint density at radius 1 is 1.26 bits per heavy atom. The van der Waals surface area contributed by atoms with Crippen molar-refractivity contribution in [1.29, 1.82) is 0 Å². The van der Waals surface area contributed by atoms with Gasteiger partial charge in [0, 0.05) is 28.7 Å². The lowest BCUT2D eigenvalue weighted by atomic mass is 10.1. The minimum absolute atomic E-state index is 0.0351. The number of anilines is 2. The summed E-state index contributed by atoms with van der Waals surface area (Å²) >= 11 is 6.13. The molecule has 0 radical (unpaired) electrons. The van der Waals surface area contributed by atoms with Gasteiger partial charge < -0.3 is 16.0 Å². The summed E-state index contributed by atoms with van der Waals surface area (Å²) in [4.78, 5) is 28.1. The van der Waals surface area contributed by atoms with Crippen LogP contribution in [0.5, 0.6) is 0 Å². The lowest BCUT2D eigenvalue weighted by molar-refractivity contribution is -0.115. The van der Waals surface area contributed by atoms with E-state index in [2.05, 4.69) is 26.4 Å². The van der Waals surface area contributed by atoms with Crippen molar-refractivity contribution in [1.82, 2.24) is 25.2 Å². The molecule has 3 aromatic rings. The Kier molecular flexibility index (Phi) is 4.74. The molecule has 10 heteroatoms. The van der Waals surface area contributed by atoms with Crippen molar-refractivity contribution in [3.8, 4) is 0 Å². The summed E-state index contributed by atoms with van der Waals surface area (Å²) in [7, 11) is 0. The van der Waals surface area contributed by atoms with Gasteiger partial charge in [-0.1, -0.05) is 23.7 Å². The second-order valence-electron chi connectivity index (χ2n) is 7.67. The van der Waals surface area contributed by atoms with E-state index >= 15 is 0 Å². The number of rotatable bonds is 6. The Morgan fingerprint density at radius 3 is 2.81 bits per heavy atom. The highest BCUT2D eigenvalue weighted by atomic mass is 35.5. The van der Waals surface area contributed by atoms with Crippen molar-refractivity contribution in [3.05, 3.63) is 58.4 Å². The molecular formula is C21H20ClN7O2. The summed E-state index contributed by atoms with van der Waals surface area (Å²) in [6.45, 7) is 2.03. The largest absolute Gasteiger partial charge is 0.367 e. The van der Waals surface area contributed by atoms with Gasteiger partial charge in [-0.2, -0.15) is 9.61 Å². The zero-order chi connectivity index (χ0) is 21.5. The molecule has 31 heavy (non-hydrogen) atoms. The smallest absolute Gasteiger partial charge is 0.326 e. The van der Waals surface area contributed by atoms with E-state index in [0.29, 0.717) is 28.1 Å². The molecule has 1 aliphatic carbocycles. The third-order valence-electron chi connectivity index (χ3n) is 5.16. The molecule has 1 saturated heterocycles. The Bertz CT molecular complexity index is 1230. The Hall–Kier alpha value is -3.59. The van der Waals surface area contributed by atoms with Gasteiger partial charge in [-0.15, -0.1) is 0 Å². The Labute approximate surface area is 182 Å². The molecule has 1 aliphatic heterocycles. The lowest BCUT2D eigenvalue weighted by Gasteiger charge is -2.17. The predicted octanol–water partition coefficient (Wildman–Crippen LogP) is 3.31. The first-order valence-electron chi connectivity index (χ1n) is 9.97. The minimum Gasteiger partial charge on any atom is -0.367 e. The SMILES string of the molecule is C[C@H](Nc1cc(NC2CC2)n2ncc(/C=C3\NC(=O)NC3=O)c2n1)c1cccc(Cl)c1. The zero-order valence-corrected chi connectivity index (χ0v) is 17.4. The van der Waals surface area contributed by atoms with Gasteiger partial charge >= 0.3 is 6.03 Å². The number of nitrogens with zero attached hydrogens (tertiary/aromatic N) is 3. The van der Waals surface area contributed by atoms with Crippen molar-refractivity contribution in [2.24, 2.45) is 0 Å². The predicted molar refractivity (Wildman–Crippen MR) is 118 cm³/mol. The van der Waals surface area contributed by atoms with Crippen molar-refractivity contribution in [3.63, 3.8) is 0 Å². The van der Waals surface area contributed by atoms with Gasteiger partial charge in [0.2, 0.25) is 0 Å². The van der Waals surface area contributed by atoms with E-state index in [1.807, 2.05) is 37.3 Å². The molecule has 0 unspecified atom stereocenters. The molecule has 2 fully saturated rings. The van der Waals surface area contributed by atoms with E-state index in [9.17, 15) is 9.59 Å². The van der Waals surface area contributed by atoms with E-state index in [1.165, 1.54) is 0 Å². The molecule has 1 saturated carbocycles. The van der Waals surface area contributed by atoms with Crippen LogP contribution in [0, 0.1) is 0 Å². The summed E-state index contributed by atoms with van der Waals surface area (Å²) in [5.74, 6) is 0.977. The number of imide groups is 1. The average molecular weight is 438 g/mol. The zero-order valence-electron chi connectivity index (χ0n) is 16.6. The topological polar surface area (TPSA) is 112 Å². The van der Waals surface area contributed by atoms with Gasteiger partial charge in [0.25, 0.3) is 5.91 Å². The molecule has 4 N–H and O–H groups in total. The summed E-state index contributed by atoms with van der Waals surface area (Å²) < 4.78 is 1.70. The highest BCUT2D eigenvalue weighted by Gasteiger charge is 2.25. The van der Waals surface area contributed by atoms with Gasteiger partial charge in [0.1, 0.15) is 17.3 Å². The van der Waals surface area contributed by atoms with Crippen molar-refractivity contribution < 1.29 is 9.59 Å². The fourth-order valence-corrected chi connectivity index (χ4v) is 3.61. The maximum atomic E-state index is 11.9. The van der Waals surface area contributed by atoms with Crippen LogP contribution >= 0.6 is 11.6 Å². The summed E-state index contributed by atoms with van der Waals surface area (Å²) in [6.07, 6.45) is 5.40. The first-order valence-corrected chi connectivity index (χ1v) is 10.4. The fraction of sp³-hybridized carbons (Fsp3) is 0.238. The van der Waals surface area contributed by atoms with Crippen LogP contribution in [-0.2, 0) is 4.79 Å². The third-order valence-corrected chi connectivity index (χ3v) is 5.40. The number of urea groups is 1. The van der Waals surface area contributed by atoms with Gasteiger partial charge in [-0.25, -0.2) is 9.78 Å². The number of carbonyl (C=O) groups is 2. The number of nitrogens with one attached hydrogen (secondary N) is 4. The molecule has 1 atom stereocenters. The number of halogens is 1. The Balaban J connectivity index is 1.53. The van der Waals surface area contributed by atoms with Crippen LogP contribution in [0.25, 0.3) is 11.7 Å². The monoisotopic (exact) mass is 437 g/mol. The molecule has 2 aromatic heterocycles. The number of hydrogen-bond acceptors (Lipinski definition) is 6. The maximum Gasteiger partial charge on any atom is 0.326 e.